The normalized spacial score (nSPS) is 10.1. The Bertz CT molecular complexity index is 684. The molecule has 0 saturated carbocycles. The molecular weight excluding hydrogens is 273 g/mol. The molecule has 0 aliphatic rings. The number of nitrogens with two attached hydrogens (primary N) is 2. The van der Waals surface area contributed by atoms with Crippen LogP contribution in [0, 0.1) is 5.82 Å². The molecule has 21 heavy (non-hydrogen) atoms. The standard InChI is InChI=1S/C15H14FN3O2/c16-12-8-10(3-6-13(12)17)15(21)19-11-4-1-9(2-5-11)7-14(18)20/h1-6,8H,7,17H2,(H2,18,20)(H,19,21). The maximum atomic E-state index is 13.3. The van der Waals surface area contributed by atoms with Gasteiger partial charge in [-0.15, -0.1) is 0 Å². The third-order valence-electron chi connectivity index (χ3n) is 2.85. The number of benzene rings is 2. The molecule has 0 spiro atoms. The molecule has 0 atom stereocenters. The highest BCUT2D eigenvalue weighted by molar-refractivity contribution is 6.04. The van der Waals surface area contributed by atoms with Crippen LogP contribution in [0.5, 0.6) is 0 Å². The van der Waals surface area contributed by atoms with Crippen LogP contribution in [0.4, 0.5) is 15.8 Å². The Morgan fingerprint density at radius 1 is 1.10 bits per heavy atom. The fourth-order valence-corrected chi connectivity index (χ4v) is 1.78. The number of hydrogen-bond donors (Lipinski definition) is 3. The third kappa shape index (κ3) is 3.79. The van der Waals surface area contributed by atoms with Crippen LogP contribution in [0.3, 0.4) is 0 Å². The first-order valence-electron chi connectivity index (χ1n) is 6.19. The van der Waals surface area contributed by atoms with E-state index >= 15 is 0 Å². The Morgan fingerprint density at radius 3 is 2.33 bits per heavy atom. The van der Waals surface area contributed by atoms with Crippen molar-refractivity contribution in [3.8, 4) is 0 Å². The summed E-state index contributed by atoms with van der Waals surface area (Å²) < 4.78 is 13.3. The Morgan fingerprint density at radius 2 is 1.76 bits per heavy atom. The Labute approximate surface area is 120 Å². The van der Waals surface area contributed by atoms with Crippen molar-refractivity contribution in [2.75, 3.05) is 11.1 Å². The molecule has 0 fully saturated rings. The van der Waals surface area contributed by atoms with Gasteiger partial charge >= 0.3 is 0 Å². The number of carbonyl (C=O) groups excluding carboxylic acids is 2. The summed E-state index contributed by atoms with van der Waals surface area (Å²) in [6, 6.07) is 10.5. The molecule has 0 heterocycles. The first-order chi connectivity index (χ1) is 9.95. The lowest BCUT2D eigenvalue weighted by Gasteiger charge is -2.07. The van der Waals surface area contributed by atoms with Crippen LogP contribution in [0.2, 0.25) is 0 Å². The van der Waals surface area contributed by atoms with Crippen LogP contribution < -0.4 is 16.8 Å². The van der Waals surface area contributed by atoms with E-state index in [0.29, 0.717) is 5.69 Å². The van der Waals surface area contributed by atoms with E-state index in [2.05, 4.69) is 5.32 Å². The van der Waals surface area contributed by atoms with Gasteiger partial charge in [0.05, 0.1) is 12.1 Å². The molecule has 0 saturated heterocycles. The quantitative estimate of drug-likeness (QED) is 0.746. The van der Waals surface area contributed by atoms with Crippen molar-refractivity contribution < 1.29 is 14.0 Å². The fraction of sp³-hybridized carbons (Fsp3) is 0.0667. The highest BCUT2D eigenvalue weighted by Gasteiger charge is 2.09. The highest BCUT2D eigenvalue weighted by atomic mass is 19.1. The first kappa shape index (κ1) is 14.5. The molecule has 2 aromatic rings. The van der Waals surface area contributed by atoms with E-state index in [0.717, 1.165) is 11.6 Å². The summed E-state index contributed by atoms with van der Waals surface area (Å²) in [5.41, 5.74) is 11.9. The second-order valence-corrected chi connectivity index (χ2v) is 4.53. The lowest BCUT2D eigenvalue weighted by atomic mass is 10.1. The van der Waals surface area contributed by atoms with Crippen molar-refractivity contribution in [3.05, 3.63) is 59.4 Å². The van der Waals surface area contributed by atoms with Crippen molar-refractivity contribution in [2.24, 2.45) is 5.73 Å². The maximum Gasteiger partial charge on any atom is 0.255 e. The molecule has 5 nitrogen and oxygen atoms in total. The van der Waals surface area contributed by atoms with Gasteiger partial charge in [-0.1, -0.05) is 12.1 Å². The number of nitrogen functional groups attached to an aromatic ring is 1. The molecule has 0 aliphatic heterocycles. The number of anilines is 2. The van der Waals surface area contributed by atoms with Gasteiger partial charge in [-0.2, -0.15) is 0 Å². The average Bonchev–Trinajstić information content (AvgIpc) is 2.43. The van der Waals surface area contributed by atoms with Gasteiger partial charge in [-0.25, -0.2) is 4.39 Å². The number of carbonyl (C=O) groups is 2. The van der Waals surface area contributed by atoms with Crippen LogP contribution in [0.15, 0.2) is 42.5 Å². The largest absolute Gasteiger partial charge is 0.396 e. The van der Waals surface area contributed by atoms with Crippen LogP contribution in [-0.2, 0) is 11.2 Å². The predicted molar refractivity (Wildman–Crippen MR) is 78.1 cm³/mol. The number of primary amides is 1. The van der Waals surface area contributed by atoms with Crippen molar-refractivity contribution in [3.63, 3.8) is 0 Å². The SMILES string of the molecule is NC(=O)Cc1ccc(NC(=O)c2ccc(N)c(F)c2)cc1. The van der Waals surface area contributed by atoms with Crippen LogP contribution in [0.25, 0.3) is 0 Å². The summed E-state index contributed by atoms with van der Waals surface area (Å²) in [5.74, 6) is -1.51. The highest BCUT2D eigenvalue weighted by Crippen LogP contribution is 2.15. The molecule has 6 heteroatoms. The maximum absolute atomic E-state index is 13.3. The number of hydrogen-bond acceptors (Lipinski definition) is 3. The van der Waals surface area contributed by atoms with Crippen LogP contribution in [-0.4, -0.2) is 11.8 Å². The zero-order chi connectivity index (χ0) is 15.4. The number of rotatable bonds is 4. The van der Waals surface area contributed by atoms with E-state index in [-0.39, 0.29) is 17.7 Å². The number of halogens is 1. The molecule has 5 N–H and O–H groups in total. The molecule has 2 amide bonds. The summed E-state index contributed by atoms with van der Waals surface area (Å²) in [5, 5.41) is 2.62. The monoisotopic (exact) mass is 287 g/mol. The van der Waals surface area contributed by atoms with E-state index in [1.54, 1.807) is 24.3 Å². The number of nitrogens with one attached hydrogen (secondary N) is 1. The molecular formula is C15H14FN3O2. The summed E-state index contributed by atoms with van der Waals surface area (Å²) in [7, 11) is 0. The van der Waals surface area contributed by atoms with Gasteiger partial charge in [-0.05, 0) is 35.9 Å². The smallest absolute Gasteiger partial charge is 0.255 e. The van der Waals surface area contributed by atoms with Gasteiger partial charge in [0, 0.05) is 11.3 Å². The average molecular weight is 287 g/mol. The molecule has 0 radical (unpaired) electrons. The number of amides is 2. The van der Waals surface area contributed by atoms with Gasteiger partial charge in [0.2, 0.25) is 5.91 Å². The lowest BCUT2D eigenvalue weighted by molar-refractivity contribution is -0.117. The molecule has 0 aliphatic carbocycles. The summed E-state index contributed by atoms with van der Waals surface area (Å²) in [6.07, 6.45) is 0.136. The minimum atomic E-state index is -0.639. The second-order valence-electron chi connectivity index (χ2n) is 4.53. The zero-order valence-corrected chi connectivity index (χ0v) is 11.1. The van der Waals surface area contributed by atoms with Crippen molar-refractivity contribution in [1.29, 1.82) is 0 Å². The summed E-state index contributed by atoms with van der Waals surface area (Å²) >= 11 is 0. The lowest BCUT2D eigenvalue weighted by Crippen LogP contribution is -2.14. The molecule has 2 rings (SSSR count). The van der Waals surface area contributed by atoms with E-state index in [1.807, 2.05) is 0 Å². The second kappa shape index (κ2) is 6.04. The van der Waals surface area contributed by atoms with Crippen molar-refractivity contribution in [1.82, 2.24) is 0 Å². The van der Waals surface area contributed by atoms with Crippen molar-refractivity contribution in [2.45, 2.75) is 6.42 Å². The minimum Gasteiger partial charge on any atom is -0.396 e. The van der Waals surface area contributed by atoms with Gasteiger partial charge in [0.25, 0.3) is 5.91 Å². The Kier molecular flexibility index (Phi) is 4.18. The topological polar surface area (TPSA) is 98.2 Å². The van der Waals surface area contributed by atoms with E-state index in [1.165, 1.54) is 12.1 Å². The van der Waals surface area contributed by atoms with E-state index in [9.17, 15) is 14.0 Å². The van der Waals surface area contributed by atoms with Gasteiger partial charge < -0.3 is 16.8 Å². The van der Waals surface area contributed by atoms with Gasteiger partial charge in [-0.3, -0.25) is 9.59 Å². The molecule has 2 aromatic carbocycles. The summed E-state index contributed by atoms with van der Waals surface area (Å²) in [4.78, 5) is 22.7. The van der Waals surface area contributed by atoms with Gasteiger partial charge in [0.1, 0.15) is 5.82 Å². The Balaban J connectivity index is 2.08. The molecule has 0 unspecified atom stereocenters. The van der Waals surface area contributed by atoms with Crippen LogP contribution >= 0.6 is 0 Å². The zero-order valence-electron chi connectivity index (χ0n) is 11.1. The van der Waals surface area contributed by atoms with Crippen LogP contribution in [0.1, 0.15) is 15.9 Å². The molecule has 108 valence electrons. The van der Waals surface area contributed by atoms with Crippen molar-refractivity contribution >= 4 is 23.2 Å². The van der Waals surface area contributed by atoms with E-state index in [4.69, 9.17) is 11.5 Å². The Hall–Kier alpha value is -2.89. The molecule has 0 bridgehead atoms. The predicted octanol–water partition coefficient (Wildman–Crippen LogP) is 1.69. The minimum absolute atomic E-state index is 0.0117. The van der Waals surface area contributed by atoms with Gasteiger partial charge in [0.15, 0.2) is 0 Å². The van der Waals surface area contributed by atoms with E-state index < -0.39 is 17.6 Å². The first-order valence-corrected chi connectivity index (χ1v) is 6.19. The summed E-state index contributed by atoms with van der Waals surface area (Å²) in [6.45, 7) is 0. The fourth-order valence-electron chi connectivity index (χ4n) is 1.78. The molecule has 0 aromatic heterocycles. The third-order valence-corrected chi connectivity index (χ3v) is 2.85.